The number of halogens is 1. The number of hydrogen-bond donors (Lipinski definition) is 1. The first kappa shape index (κ1) is 15.2. The van der Waals surface area contributed by atoms with Gasteiger partial charge in [-0.15, -0.1) is 0 Å². The van der Waals surface area contributed by atoms with Gasteiger partial charge in [0, 0.05) is 12.6 Å². The monoisotopic (exact) mass is 312 g/mol. The first-order valence-electron chi connectivity index (χ1n) is 6.34. The van der Waals surface area contributed by atoms with Gasteiger partial charge in [0.25, 0.3) is 11.6 Å². The average Bonchev–Trinajstić information content (AvgIpc) is 3.20. The third-order valence-electron chi connectivity index (χ3n) is 3.19. The SMILES string of the molecule is O=C(O)CN(CC1CC1)C(=O)c1cccc([N+](=O)[O-])c1Cl. The molecule has 2 rings (SSSR count). The minimum atomic E-state index is -1.13. The van der Waals surface area contributed by atoms with Gasteiger partial charge < -0.3 is 10.0 Å². The molecule has 1 aromatic rings. The smallest absolute Gasteiger partial charge is 0.323 e. The maximum atomic E-state index is 12.4. The predicted octanol–water partition coefficient (Wildman–Crippen LogP) is 2.18. The highest BCUT2D eigenvalue weighted by Crippen LogP contribution is 2.32. The molecule has 1 N–H and O–H groups in total. The summed E-state index contributed by atoms with van der Waals surface area (Å²) in [6, 6.07) is 3.91. The van der Waals surface area contributed by atoms with Crippen molar-refractivity contribution in [1.29, 1.82) is 0 Å². The summed E-state index contributed by atoms with van der Waals surface area (Å²) in [5, 5.41) is 19.5. The molecule has 1 saturated carbocycles. The summed E-state index contributed by atoms with van der Waals surface area (Å²) in [5.41, 5.74) is -0.419. The fourth-order valence-corrected chi connectivity index (χ4v) is 2.27. The number of nitro groups is 1. The molecule has 1 aromatic carbocycles. The number of rotatable bonds is 6. The second kappa shape index (κ2) is 6.09. The molecule has 8 heteroatoms. The molecule has 1 fully saturated rings. The highest BCUT2D eigenvalue weighted by atomic mass is 35.5. The molecule has 0 bridgehead atoms. The highest BCUT2D eigenvalue weighted by Gasteiger charge is 2.30. The zero-order valence-corrected chi connectivity index (χ0v) is 11.7. The minimum Gasteiger partial charge on any atom is -0.480 e. The van der Waals surface area contributed by atoms with Gasteiger partial charge in [-0.2, -0.15) is 0 Å². The number of nitro benzene ring substituents is 1. The third-order valence-corrected chi connectivity index (χ3v) is 3.59. The van der Waals surface area contributed by atoms with Gasteiger partial charge in [-0.25, -0.2) is 0 Å². The van der Waals surface area contributed by atoms with Crippen LogP contribution >= 0.6 is 11.6 Å². The molecule has 1 aliphatic carbocycles. The molecule has 0 atom stereocenters. The molecule has 7 nitrogen and oxygen atoms in total. The summed E-state index contributed by atoms with van der Waals surface area (Å²) in [6.07, 6.45) is 1.90. The lowest BCUT2D eigenvalue weighted by atomic mass is 10.1. The maximum absolute atomic E-state index is 12.4. The number of amides is 1. The Balaban J connectivity index is 2.29. The summed E-state index contributed by atoms with van der Waals surface area (Å²) in [5.74, 6) is -1.44. The summed E-state index contributed by atoms with van der Waals surface area (Å²) in [7, 11) is 0. The van der Waals surface area contributed by atoms with Crippen molar-refractivity contribution in [1.82, 2.24) is 4.90 Å². The third kappa shape index (κ3) is 3.69. The van der Waals surface area contributed by atoms with Crippen molar-refractivity contribution in [2.75, 3.05) is 13.1 Å². The van der Waals surface area contributed by atoms with Crippen molar-refractivity contribution in [2.24, 2.45) is 5.92 Å². The van der Waals surface area contributed by atoms with Gasteiger partial charge in [0.1, 0.15) is 11.6 Å². The summed E-state index contributed by atoms with van der Waals surface area (Å²) in [4.78, 5) is 34.6. The van der Waals surface area contributed by atoms with Gasteiger partial charge in [-0.1, -0.05) is 17.7 Å². The number of nitrogens with zero attached hydrogens (tertiary/aromatic N) is 2. The Labute approximate surface area is 125 Å². The largest absolute Gasteiger partial charge is 0.480 e. The molecule has 0 radical (unpaired) electrons. The number of carboxylic acid groups (broad SMARTS) is 1. The second-order valence-electron chi connectivity index (χ2n) is 4.92. The van der Waals surface area contributed by atoms with Crippen molar-refractivity contribution < 1.29 is 19.6 Å². The molecule has 0 spiro atoms. The fourth-order valence-electron chi connectivity index (χ4n) is 1.99. The van der Waals surface area contributed by atoms with E-state index in [0.29, 0.717) is 12.5 Å². The number of carbonyl (C=O) groups excluding carboxylic acids is 1. The van der Waals surface area contributed by atoms with E-state index < -0.39 is 23.3 Å². The van der Waals surface area contributed by atoms with Gasteiger partial charge in [0.2, 0.25) is 0 Å². The van der Waals surface area contributed by atoms with E-state index in [1.54, 1.807) is 0 Å². The van der Waals surface area contributed by atoms with Crippen LogP contribution in [0.4, 0.5) is 5.69 Å². The van der Waals surface area contributed by atoms with Crippen LogP contribution in [-0.2, 0) is 4.79 Å². The van der Waals surface area contributed by atoms with Crippen LogP contribution in [0.1, 0.15) is 23.2 Å². The van der Waals surface area contributed by atoms with Crippen molar-refractivity contribution in [3.05, 3.63) is 38.9 Å². The number of carboxylic acids is 1. The van der Waals surface area contributed by atoms with Crippen molar-refractivity contribution >= 4 is 29.2 Å². The molecule has 1 aliphatic rings. The molecular weight excluding hydrogens is 300 g/mol. The van der Waals surface area contributed by atoms with Crippen LogP contribution in [0.5, 0.6) is 0 Å². The highest BCUT2D eigenvalue weighted by molar-refractivity contribution is 6.35. The molecule has 0 unspecified atom stereocenters. The summed E-state index contributed by atoms with van der Waals surface area (Å²) < 4.78 is 0. The topological polar surface area (TPSA) is 101 Å². The number of aliphatic carboxylic acids is 1. The number of benzene rings is 1. The zero-order chi connectivity index (χ0) is 15.6. The molecule has 112 valence electrons. The number of hydrogen-bond acceptors (Lipinski definition) is 4. The van der Waals surface area contributed by atoms with Gasteiger partial charge in [-0.05, 0) is 24.8 Å². The minimum absolute atomic E-state index is 0.0484. The second-order valence-corrected chi connectivity index (χ2v) is 5.30. The van der Waals surface area contributed by atoms with E-state index in [-0.39, 0.29) is 16.3 Å². The first-order valence-corrected chi connectivity index (χ1v) is 6.72. The van der Waals surface area contributed by atoms with Gasteiger partial charge in [0.15, 0.2) is 0 Å². The molecule has 0 aromatic heterocycles. The van der Waals surface area contributed by atoms with E-state index in [1.165, 1.54) is 23.1 Å². The Kier molecular flexibility index (Phi) is 4.42. The molecular formula is C13H13ClN2O5. The Hall–Kier alpha value is -2.15. The number of carbonyl (C=O) groups is 2. The lowest BCUT2D eigenvalue weighted by Gasteiger charge is -2.21. The van der Waals surface area contributed by atoms with Crippen LogP contribution in [0, 0.1) is 16.0 Å². The van der Waals surface area contributed by atoms with E-state index in [9.17, 15) is 19.7 Å². The fraction of sp³-hybridized carbons (Fsp3) is 0.385. The van der Waals surface area contributed by atoms with E-state index in [4.69, 9.17) is 16.7 Å². The van der Waals surface area contributed by atoms with Crippen LogP contribution in [-0.4, -0.2) is 39.9 Å². The van der Waals surface area contributed by atoms with Crippen LogP contribution in [0.2, 0.25) is 5.02 Å². The Morgan fingerprint density at radius 3 is 2.62 bits per heavy atom. The predicted molar refractivity (Wildman–Crippen MR) is 74.4 cm³/mol. The molecule has 1 amide bonds. The molecule has 0 saturated heterocycles. The summed E-state index contributed by atoms with van der Waals surface area (Å²) >= 11 is 5.89. The molecule has 0 heterocycles. The van der Waals surface area contributed by atoms with Gasteiger partial charge in [-0.3, -0.25) is 19.7 Å². The van der Waals surface area contributed by atoms with Crippen molar-refractivity contribution in [3.8, 4) is 0 Å². The maximum Gasteiger partial charge on any atom is 0.323 e. The van der Waals surface area contributed by atoms with Gasteiger partial charge >= 0.3 is 5.97 Å². The Bertz CT molecular complexity index is 600. The van der Waals surface area contributed by atoms with Crippen molar-refractivity contribution in [2.45, 2.75) is 12.8 Å². The van der Waals surface area contributed by atoms with Crippen LogP contribution in [0.15, 0.2) is 18.2 Å². The van der Waals surface area contributed by atoms with Crippen LogP contribution < -0.4 is 0 Å². The Morgan fingerprint density at radius 2 is 2.10 bits per heavy atom. The lowest BCUT2D eigenvalue weighted by molar-refractivity contribution is -0.384. The summed E-state index contributed by atoms with van der Waals surface area (Å²) in [6.45, 7) is -0.126. The van der Waals surface area contributed by atoms with E-state index in [1.807, 2.05) is 0 Å². The standard InChI is InChI=1S/C13H13ClN2O5/c14-12-9(2-1-3-10(12)16(20)21)13(19)15(7-11(17)18)6-8-4-5-8/h1-3,8H,4-7H2,(H,17,18). The van der Waals surface area contributed by atoms with E-state index in [0.717, 1.165) is 12.8 Å². The quantitative estimate of drug-likeness (QED) is 0.641. The van der Waals surface area contributed by atoms with Crippen molar-refractivity contribution in [3.63, 3.8) is 0 Å². The first-order chi connectivity index (χ1) is 9.90. The average molecular weight is 313 g/mol. The van der Waals surface area contributed by atoms with Gasteiger partial charge in [0.05, 0.1) is 10.5 Å². The molecule has 0 aliphatic heterocycles. The van der Waals surface area contributed by atoms with Crippen LogP contribution in [0.25, 0.3) is 0 Å². The normalized spacial score (nSPS) is 13.8. The van der Waals surface area contributed by atoms with Crippen LogP contribution in [0.3, 0.4) is 0 Å². The zero-order valence-electron chi connectivity index (χ0n) is 11.0. The van der Waals surface area contributed by atoms with E-state index >= 15 is 0 Å². The van der Waals surface area contributed by atoms with E-state index in [2.05, 4.69) is 0 Å². The molecule has 21 heavy (non-hydrogen) atoms. The lowest BCUT2D eigenvalue weighted by Crippen LogP contribution is -2.37. The Morgan fingerprint density at radius 1 is 1.43 bits per heavy atom.